The van der Waals surface area contributed by atoms with Crippen LogP contribution in [0.1, 0.15) is 0 Å². The Hall–Kier alpha value is -5.87. The van der Waals surface area contributed by atoms with E-state index >= 15 is 0 Å². The Balaban J connectivity index is 1.24. The fourth-order valence-electron chi connectivity index (χ4n) is 7.05. The van der Waals surface area contributed by atoms with Gasteiger partial charge in [-0.2, -0.15) is 5.10 Å². The summed E-state index contributed by atoms with van der Waals surface area (Å²) in [5.41, 5.74) is 8.04. The number of pyridine rings is 3. The molecule has 0 fully saturated rings. The summed E-state index contributed by atoms with van der Waals surface area (Å²) >= 11 is 0. The van der Waals surface area contributed by atoms with Crippen molar-refractivity contribution in [1.29, 1.82) is 0 Å². The van der Waals surface area contributed by atoms with Gasteiger partial charge in [0, 0.05) is 22.4 Å². The average molecular weight is 547 g/mol. The largest absolute Gasteiger partial charge is 0.254 e. The predicted octanol–water partition coefficient (Wildman–Crippen LogP) is 9.82. The second-order valence-corrected chi connectivity index (χ2v) is 11.3. The zero-order chi connectivity index (χ0) is 28.1. The zero-order valence-corrected chi connectivity index (χ0v) is 23.0. The summed E-state index contributed by atoms with van der Waals surface area (Å²) in [5, 5.41) is 15.9. The molecule has 6 aromatic carbocycles. The van der Waals surface area contributed by atoms with E-state index in [1.807, 2.05) is 22.8 Å². The van der Waals surface area contributed by atoms with Crippen LogP contribution in [0.3, 0.4) is 0 Å². The van der Waals surface area contributed by atoms with Gasteiger partial charge in [-0.3, -0.25) is 4.98 Å². The van der Waals surface area contributed by atoms with Crippen LogP contribution in [0, 0.1) is 0 Å². The summed E-state index contributed by atoms with van der Waals surface area (Å²) in [6.07, 6.45) is 1.87. The molecule has 0 N–H and O–H groups in total. The van der Waals surface area contributed by atoms with Gasteiger partial charge in [0.25, 0.3) is 0 Å². The molecule has 10 rings (SSSR count). The fraction of sp³-hybridized carbons (Fsp3) is 0. The number of nitrogens with zero attached hydrogens (tertiary/aromatic N) is 4. The first-order chi connectivity index (χ1) is 21.3. The van der Waals surface area contributed by atoms with E-state index in [0.29, 0.717) is 0 Å². The standard InChI is InChI=1S/C39H22N4/c1-2-10-32-30(8-1)34-11-4-12-35(43(34)42-32)33-20-17-26-22-31(29-9-5-21-40-39(29)38(26)41-33)27-18-15-25-14-13-23-6-3-7-24-16-19-28(27)37(25)36(23)24/h1-22H. The van der Waals surface area contributed by atoms with Gasteiger partial charge < -0.3 is 0 Å². The van der Waals surface area contributed by atoms with Gasteiger partial charge in [-0.1, -0.05) is 91.0 Å². The molecule has 4 heteroatoms. The lowest BCUT2D eigenvalue weighted by Crippen LogP contribution is -1.97. The van der Waals surface area contributed by atoms with E-state index in [1.165, 1.54) is 43.4 Å². The monoisotopic (exact) mass is 546 g/mol. The SMILES string of the molecule is c1cc2ccc3ccc(-c4cc5ccc(-c6cccc7c8ccccc8nn67)nc5c5ncccc45)c4ccc(c1)c2c34. The van der Waals surface area contributed by atoms with Crippen molar-refractivity contribution in [3.8, 4) is 22.5 Å². The van der Waals surface area contributed by atoms with Crippen molar-refractivity contribution in [2.45, 2.75) is 0 Å². The predicted molar refractivity (Wildman–Crippen MR) is 178 cm³/mol. The Morgan fingerprint density at radius 1 is 0.488 bits per heavy atom. The molecule has 0 bridgehead atoms. The van der Waals surface area contributed by atoms with Gasteiger partial charge in [-0.25, -0.2) is 9.50 Å². The van der Waals surface area contributed by atoms with Crippen LogP contribution >= 0.6 is 0 Å². The minimum absolute atomic E-state index is 0.869. The molecule has 0 aliphatic rings. The van der Waals surface area contributed by atoms with Gasteiger partial charge in [0.05, 0.1) is 33.5 Å². The lowest BCUT2D eigenvalue weighted by atomic mass is 9.88. The maximum Gasteiger partial charge on any atom is 0.0973 e. The van der Waals surface area contributed by atoms with Crippen molar-refractivity contribution in [3.05, 3.63) is 134 Å². The third kappa shape index (κ3) is 3.12. The molecule has 0 saturated carbocycles. The molecule has 0 saturated heterocycles. The lowest BCUT2D eigenvalue weighted by molar-refractivity contribution is 0.984. The first-order valence-corrected chi connectivity index (χ1v) is 14.5. The molecule has 198 valence electrons. The van der Waals surface area contributed by atoms with E-state index in [1.54, 1.807) is 0 Å². The summed E-state index contributed by atoms with van der Waals surface area (Å²) in [6, 6.07) is 45.4. The fourth-order valence-corrected chi connectivity index (χ4v) is 7.05. The van der Waals surface area contributed by atoms with Crippen molar-refractivity contribution in [1.82, 2.24) is 19.6 Å². The van der Waals surface area contributed by atoms with Crippen molar-refractivity contribution < 1.29 is 0 Å². The molecule has 0 aliphatic carbocycles. The van der Waals surface area contributed by atoms with Gasteiger partial charge in [-0.05, 0) is 79.8 Å². The molecule has 0 unspecified atom stereocenters. The summed E-state index contributed by atoms with van der Waals surface area (Å²) in [4.78, 5) is 10.1. The van der Waals surface area contributed by atoms with Crippen molar-refractivity contribution in [2.24, 2.45) is 0 Å². The van der Waals surface area contributed by atoms with E-state index in [2.05, 4.69) is 115 Å². The van der Waals surface area contributed by atoms with Gasteiger partial charge in [0.2, 0.25) is 0 Å². The number of hydrogen-bond donors (Lipinski definition) is 0. The Kier molecular flexibility index (Phi) is 4.42. The van der Waals surface area contributed by atoms with E-state index < -0.39 is 0 Å². The smallest absolute Gasteiger partial charge is 0.0973 e. The number of aromatic nitrogens is 4. The van der Waals surface area contributed by atoms with Crippen molar-refractivity contribution in [2.75, 3.05) is 0 Å². The summed E-state index contributed by atoms with van der Waals surface area (Å²) in [7, 11) is 0. The molecule has 10 aromatic rings. The highest BCUT2D eigenvalue weighted by Crippen LogP contribution is 2.42. The number of fused-ring (bicyclic) bond motifs is 6. The summed E-state index contributed by atoms with van der Waals surface area (Å²) in [5.74, 6) is 0. The van der Waals surface area contributed by atoms with Crippen LogP contribution in [0.15, 0.2) is 134 Å². The van der Waals surface area contributed by atoms with E-state index in [0.717, 1.165) is 49.6 Å². The highest BCUT2D eigenvalue weighted by molar-refractivity contribution is 6.26. The highest BCUT2D eigenvalue weighted by atomic mass is 15.2. The van der Waals surface area contributed by atoms with Crippen molar-refractivity contribution >= 4 is 70.5 Å². The average Bonchev–Trinajstić information content (AvgIpc) is 3.46. The minimum Gasteiger partial charge on any atom is -0.254 e. The van der Waals surface area contributed by atoms with Crippen LogP contribution in [-0.4, -0.2) is 19.6 Å². The molecular weight excluding hydrogens is 524 g/mol. The third-order valence-corrected chi connectivity index (χ3v) is 8.98. The quantitative estimate of drug-likeness (QED) is 0.203. The zero-order valence-electron chi connectivity index (χ0n) is 23.0. The molecular formula is C39H22N4. The Labute approximate surface area is 245 Å². The van der Waals surface area contributed by atoms with Gasteiger partial charge in [-0.15, -0.1) is 0 Å². The first kappa shape index (κ1) is 22.8. The van der Waals surface area contributed by atoms with Crippen LogP contribution in [0.5, 0.6) is 0 Å². The van der Waals surface area contributed by atoms with Crippen LogP contribution in [0.25, 0.3) is 93.1 Å². The Morgan fingerprint density at radius 3 is 2.19 bits per heavy atom. The molecule has 4 aromatic heterocycles. The molecule has 0 atom stereocenters. The Morgan fingerprint density at radius 2 is 1.26 bits per heavy atom. The van der Waals surface area contributed by atoms with Crippen LogP contribution in [-0.2, 0) is 0 Å². The van der Waals surface area contributed by atoms with Gasteiger partial charge in [0.15, 0.2) is 0 Å². The van der Waals surface area contributed by atoms with Gasteiger partial charge >= 0.3 is 0 Å². The normalized spacial score (nSPS) is 12.2. The number of rotatable bonds is 2. The minimum atomic E-state index is 0.869. The molecule has 0 spiro atoms. The molecule has 0 amide bonds. The maximum atomic E-state index is 5.23. The van der Waals surface area contributed by atoms with Crippen LogP contribution < -0.4 is 0 Å². The molecule has 0 aliphatic heterocycles. The second-order valence-electron chi connectivity index (χ2n) is 11.3. The van der Waals surface area contributed by atoms with E-state index in [-0.39, 0.29) is 0 Å². The lowest BCUT2D eigenvalue weighted by Gasteiger charge is -2.16. The van der Waals surface area contributed by atoms with Gasteiger partial charge in [0.1, 0.15) is 0 Å². The second kappa shape index (κ2) is 8.34. The van der Waals surface area contributed by atoms with Crippen LogP contribution in [0.4, 0.5) is 0 Å². The maximum absolute atomic E-state index is 5.23. The first-order valence-electron chi connectivity index (χ1n) is 14.5. The number of hydrogen-bond acceptors (Lipinski definition) is 3. The van der Waals surface area contributed by atoms with E-state index in [4.69, 9.17) is 15.1 Å². The third-order valence-electron chi connectivity index (χ3n) is 8.98. The molecule has 0 radical (unpaired) electrons. The summed E-state index contributed by atoms with van der Waals surface area (Å²) in [6.45, 7) is 0. The van der Waals surface area contributed by atoms with Crippen LogP contribution in [0.2, 0.25) is 0 Å². The molecule has 4 heterocycles. The molecule has 43 heavy (non-hydrogen) atoms. The Bertz CT molecular complexity index is 2720. The van der Waals surface area contributed by atoms with E-state index in [9.17, 15) is 0 Å². The highest BCUT2D eigenvalue weighted by Gasteiger charge is 2.17. The number of benzene rings is 6. The summed E-state index contributed by atoms with van der Waals surface area (Å²) < 4.78 is 2.01. The topological polar surface area (TPSA) is 43.1 Å². The molecule has 4 nitrogen and oxygen atoms in total. The van der Waals surface area contributed by atoms with Crippen molar-refractivity contribution in [3.63, 3.8) is 0 Å².